The van der Waals surface area contributed by atoms with Gasteiger partial charge in [0.25, 0.3) is 0 Å². The van der Waals surface area contributed by atoms with E-state index in [1.807, 2.05) is 0 Å². The number of phenolic OH excluding ortho intramolecular Hbond substituents is 2. The first kappa shape index (κ1) is 16.3. The van der Waals surface area contributed by atoms with Crippen molar-refractivity contribution in [2.24, 2.45) is 5.73 Å². The van der Waals surface area contributed by atoms with Crippen molar-refractivity contribution >= 4 is 12.2 Å². The standard InChI is InChI=1S/C20H15NO4/c21-20(25)17-10-5-14(11-22)18(12-1-6-15(23)7-2-12)19(17)13-3-8-16(24)9-4-13/h1-11,23-24H,(H2,21,25). The highest BCUT2D eigenvalue weighted by Crippen LogP contribution is 2.38. The van der Waals surface area contributed by atoms with Gasteiger partial charge in [-0.25, -0.2) is 0 Å². The minimum atomic E-state index is -0.624. The molecule has 0 unspecified atom stereocenters. The molecule has 0 aromatic heterocycles. The van der Waals surface area contributed by atoms with Crippen molar-refractivity contribution in [3.8, 4) is 33.8 Å². The van der Waals surface area contributed by atoms with Crippen LogP contribution in [0.2, 0.25) is 0 Å². The quantitative estimate of drug-likeness (QED) is 0.637. The van der Waals surface area contributed by atoms with E-state index in [1.54, 1.807) is 30.3 Å². The summed E-state index contributed by atoms with van der Waals surface area (Å²) >= 11 is 0. The molecule has 0 saturated carbocycles. The molecule has 4 N–H and O–H groups in total. The maximum Gasteiger partial charge on any atom is 0.249 e. The van der Waals surface area contributed by atoms with E-state index in [-0.39, 0.29) is 17.1 Å². The minimum Gasteiger partial charge on any atom is -0.508 e. The minimum absolute atomic E-state index is 0.0853. The van der Waals surface area contributed by atoms with Crippen LogP contribution in [0, 0.1) is 0 Å². The van der Waals surface area contributed by atoms with Gasteiger partial charge in [-0.05, 0) is 41.5 Å². The van der Waals surface area contributed by atoms with Crippen LogP contribution < -0.4 is 5.73 Å². The molecule has 3 aromatic rings. The summed E-state index contributed by atoms with van der Waals surface area (Å²) in [4.78, 5) is 23.5. The summed E-state index contributed by atoms with van der Waals surface area (Å²) in [5.41, 5.74) is 8.52. The van der Waals surface area contributed by atoms with Crippen molar-refractivity contribution in [3.63, 3.8) is 0 Å². The van der Waals surface area contributed by atoms with Gasteiger partial charge in [-0.2, -0.15) is 0 Å². The molecule has 0 atom stereocenters. The fourth-order valence-corrected chi connectivity index (χ4v) is 2.79. The van der Waals surface area contributed by atoms with E-state index in [2.05, 4.69) is 0 Å². The lowest BCUT2D eigenvalue weighted by molar-refractivity contribution is 0.1000. The number of carbonyl (C=O) groups excluding carboxylic acids is 2. The van der Waals surface area contributed by atoms with Crippen LogP contribution in [0.3, 0.4) is 0 Å². The summed E-state index contributed by atoms with van der Waals surface area (Å²) < 4.78 is 0. The van der Waals surface area contributed by atoms with Crippen molar-refractivity contribution in [1.82, 2.24) is 0 Å². The largest absolute Gasteiger partial charge is 0.508 e. The Hall–Kier alpha value is -3.60. The molecule has 0 heterocycles. The number of carbonyl (C=O) groups is 2. The highest BCUT2D eigenvalue weighted by Gasteiger charge is 2.19. The number of hydrogen-bond acceptors (Lipinski definition) is 4. The van der Waals surface area contributed by atoms with Gasteiger partial charge in [0, 0.05) is 22.3 Å². The van der Waals surface area contributed by atoms with Gasteiger partial charge in [0.15, 0.2) is 6.29 Å². The van der Waals surface area contributed by atoms with Gasteiger partial charge >= 0.3 is 0 Å². The first-order valence-corrected chi connectivity index (χ1v) is 7.52. The van der Waals surface area contributed by atoms with Gasteiger partial charge in [0.05, 0.1) is 0 Å². The molecule has 5 nitrogen and oxygen atoms in total. The third kappa shape index (κ3) is 3.07. The Bertz CT molecular complexity index is 945. The summed E-state index contributed by atoms with van der Waals surface area (Å²) in [6.45, 7) is 0. The van der Waals surface area contributed by atoms with E-state index >= 15 is 0 Å². The monoisotopic (exact) mass is 333 g/mol. The summed E-state index contributed by atoms with van der Waals surface area (Å²) in [7, 11) is 0. The van der Waals surface area contributed by atoms with Crippen molar-refractivity contribution in [3.05, 3.63) is 71.8 Å². The number of hydrogen-bond donors (Lipinski definition) is 3. The predicted octanol–water partition coefficient (Wildman–Crippen LogP) is 3.34. The first-order valence-electron chi connectivity index (χ1n) is 7.52. The molecule has 25 heavy (non-hydrogen) atoms. The Morgan fingerprint density at radius 3 is 1.68 bits per heavy atom. The van der Waals surface area contributed by atoms with Crippen LogP contribution >= 0.6 is 0 Å². The maximum absolute atomic E-state index is 11.9. The fourth-order valence-electron chi connectivity index (χ4n) is 2.79. The highest BCUT2D eigenvalue weighted by atomic mass is 16.3. The van der Waals surface area contributed by atoms with E-state index in [1.165, 1.54) is 30.3 Å². The van der Waals surface area contributed by atoms with Crippen LogP contribution in [0.4, 0.5) is 0 Å². The average molecular weight is 333 g/mol. The number of aldehydes is 1. The molecule has 0 aliphatic rings. The maximum atomic E-state index is 11.9. The topological polar surface area (TPSA) is 101 Å². The fraction of sp³-hybridized carbons (Fsp3) is 0. The van der Waals surface area contributed by atoms with Gasteiger partial charge in [-0.15, -0.1) is 0 Å². The summed E-state index contributed by atoms with van der Waals surface area (Å²) in [5.74, 6) is -0.448. The van der Waals surface area contributed by atoms with E-state index in [0.29, 0.717) is 34.1 Å². The number of nitrogens with two attached hydrogens (primary N) is 1. The highest BCUT2D eigenvalue weighted by molar-refractivity contribution is 6.07. The third-order valence-electron chi connectivity index (χ3n) is 3.94. The summed E-state index contributed by atoms with van der Waals surface area (Å²) in [5, 5.41) is 19.0. The molecule has 1 amide bonds. The molecule has 124 valence electrons. The zero-order valence-electron chi connectivity index (χ0n) is 13.1. The van der Waals surface area contributed by atoms with E-state index < -0.39 is 5.91 Å². The SMILES string of the molecule is NC(=O)c1ccc(C=O)c(-c2ccc(O)cc2)c1-c1ccc(O)cc1. The molecule has 0 saturated heterocycles. The molecule has 3 aromatic carbocycles. The van der Waals surface area contributed by atoms with Crippen molar-refractivity contribution in [1.29, 1.82) is 0 Å². The van der Waals surface area contributed by atoms with E-state index in [4.69, 9.17) is 5.73 Å². The number of benzene rings is 3. The number of primary amides is 1. The molecule has 0 bridgehead atoms. The van der Waals surface area contributed by atoms with E-state index in [9.17, 15) is 19.8 Å². The smallest absolute Gasteiger partial charge is 0.249 e. The molecule has 3 rings (SSSR count). The van der Waals surface area contributed by atoms with Crippen LogP contribution in [-0.2, 0) is 0 Å². The Morgan fingerprint density at radius 1 is 0.760 bits per heavy atom. The van der Waals surface area contributed by atoms with Crippen LogP contribution in [0.5, 0.6) is 11.5 Å². The molecular formula is C20H15NO4. The van der Waals surface area contributed by atoms with Gasteiger partial charge < -0.3 is 15.9 Å². The molecular weight excluding hydrogens is 318 g/mol. The Labute approximate surface area is 144 Å². The van der Waals surface area contributed by atoms with Gasteiger partial charge in [0.1, 0.15) is 11.5 Å². The van der Waals surface area contributed by atoms with Crippen LogP contribution in [0.1, 0.15) is 20.7 Å². The lowest BCUT2D eigenvalue weighted by Crippen LogP contribution is -2.13. The summed E-state index contributed by atoms with van der Waals surface area (Å²) in [6, 6.07) is 15.7. The van der Waals surface area contributed by atoms with Gasteiger partial charge in [0.2, 0.25) is 5.91 Å². The second-order valence-electron chi connectivity index (χ2n) is 5.53. The first-order chi connectivity index (χ1) is 12.0. The number of aromatic hydroxyl groups is 2. The van der Waals surface area contributed by atoms with Crippen LogP contribution in [-0.4, -0.2) is 22.4 Å². The lowest BCUT2D eigenvalue weighted by atomic mass is 9.87. The van der Waals surface area contributed by atoms with Crippen LogP contribution in [0.15, 0.2) is 60.7 Å². The Balaban J connectivity index is 2.39. The number of phenols is 2. The van der Waals surface area contributed by atoms with Gasteiger partial charge in [-0.3, -0.25) is 9.59 Å². The Kier molecular flexibility index (Phi) is 4.22. The molecule has 5 heteroatoms. The zero-order valence-corrected chi connectivity index (χ0v) is 13.1. The zero-order chi connectivity index (χ0) is 18.0. The third-order valence-corrected chi connectivity index (χ3v) is 3.94. The number of rotatable bonds is 4. The van der Waals surface area contributed by atoms with Crippen molar-refractivity contribution in [2.75, 3.05) is 0 Å². The van der Waals surface area contributed by atoms with Crippen LogP contribution in [0.25, 0.3) is 22.3 Å². The molecule has 0 aliphatic carbocycles. The second-order valence-corrected chi connectivity index (χ2v) is 5.53. The van der Waals surface area contributed by atoms with E-state index in [0.717, 1.165) is 0 Å². The van der Waals surface area contributed by atoms with Gasteiger partial charge in [-0.1, -0.05) is 30.3 Å². The lowest BCUT2D eigenvalue weighted by Gasteiger charge is -2.16. The molecule has 0 fully saturated rings. The van der Waals surface area contributed by atoms with Crippen molar-refractivity contribution in [2.45, 2.75) is 0 Å². The molecule has 0 aliphatic heterocycles. The predicted molar refractivity (Wildman–Crippen MR) is 94.5 cm³/mol. The molecule has 0 radical (unpaired) electrons. The second kappa shape index (κ2) is 6.49. The number of amides is 1. The summed E-state index contributed by atoms with van der Waals surface area (Å²) in [6.07, 6.45) is 0.705. The Morgan fingerprint density at radius 2 is 1.24 bits per heavy atom. The molecule has 0 spiro atoms. The average Bonchev–Trinajstić information content (AvgIpc) is 2.62. The normalized spacial score (nSPS) is 10.4. The van der Waals surface area contributed by atoms with Crippen molar-refractivity contribution < 1.29 is 19.8 Å².